The van der Waals surface area contributed by atoms with Crippen LogP contribution in [0.15, 0.2) is 12.1 Å². The Bertz CT molecular complexity index is 813. The zero-order valence-corrected chi connectivity index (χ0v) is 15.5. The Kier molecular flexibility index (Phi) is 4.66. The molecule has 0 radical (unpaired) electrons. The van der Waals surface area contributed by atoms with Gasteiger partial charge in [-0.3, -0.25) is 9.69 Å². The quantitative estimate of drug-likeness (QED) is 0.856. The van der Waals surface area contributed by atoms with Crippen molar-refractivity contribution in [1.29, 1.82) is 0 Å². The van der Waals surface area contributed by atoms with Crippen LogP contribution in [0.25, 0.3) is 10.2 Å². The van der Waals surface area contributed by atoms with Gasteiger partial charge in [-0.25, -0.2) is 9.37 Å². The minimum atomic E-state index is -0.398. The van der Waals surface area contributed by atoms with Gasteiger partial charge in [0.25, 0.3) is 0 Å². The first kappa shape index (κ1) is 17.1. The Morgan fingerprint density at radius 3 is 3.08 bits per heavy atom. The van der Waals surface area contributed by atoms with Crippen molar-refractivity contribution >= 4 is 44.2 Å². The number of piperidine rings is 1. The van der Waals surface area contributed by atoms with Crippen LogP contribution in [0.4, 0.5) is 9.52 Å². The van der Waals surface area contributed by atoms with E-state index in [1.54, 1.807) is 0 Å². The molecule has 0 saturated carbocycles. The lowest BCUT2D eigenvalue weighted by molar-refractivity contribution is -0.122. The number of nitrogens with zero attached hydrogens (tertiary/aromatic N) is 2. The van der Waals surface area contributed by atoms with E-state index in [4.69, 9.17) is 11.6 Å². The van der Waals surface area contributed by atoms with Gasteiger partial charge in [-0.2, -0.15) is 0 Å². The number of likely N-dealkylation sites (tertiary alicyclic amines) is 1. The summed E-state index contributed by atoms with van der Waals surface area (Å²) in [5, 5.41) is 7.01. The van der Waals surface area contributed by atoms with Gasteiger partial charge in [-0.1, -0.05) is 22.9 Å². The molecule has 4 rings (SSSR count). The second kappa shape index (κ2) is 6.79. The lowest BCUT2D eigenvalue weighted by atomic mass is 9.92. The zero-order chi connectivity index (χ0) is 17.6. The summed E-state index contributed by atoms with van der Waals surface area (Å²) in [5.74, 6) is -0.453. The molecule has 134 valence electrons. The standard InChI is InChI=1S/C17H20ClFN4OS/c1-9-13(7-20-9)23-4-2-3-10(8-23)16(24)22-17-21-15-12(18)5-11(19)6-14(15)25-17/h5-6,9-10,13,20H,2-4,7-8H2,1H3,(H,21,22,24). The minimum Gasteiger partial charge on any atom is -0.311 e. The number of aromatic nitrogens is 1. The van der Waals surface area contributed by atoms with Gasteiger partial charge in [0.1, 0.15) is 11.3 Å². The normalized spacial score (nSPS) is 27.2. The highest BCUT2D eigenvalue weighted by molar-refractivity contribution is 7.22. The highest BCUT2D eigenvalue weighted by Gasteiger charge is 2.36. The highest BCUT2D eigenvalue weighted by atomic mass is 35.5. The molecule has 2 aliphatic rings. The lowest BCUT2D eigenvalue weighted by Gasteiger charge is -2.46. The van der Waals surface area contributed by atoms with Crippen LogP contribution in [-0.2, 0) is 4.79 Å². The van der Waals surface area contributed by atoms with Crippen LogP contribution in [0.5, 0.6) is 0 Å². The number of benzene rings is 1. The van der Waals surface area contributed by atoms with Crippen molar-refractivity contribution in [3.05, 3.63) is 23.0 Å². The van der Waals surface area contributed by atoms with Gasteiger partial charge in [-0.15, -0.1) is 0 Å². The fraction of sp³-hybridized carbons (Fsp3) is 0.529. The summed E-state index contributed by atoms with van der Waals surface area (Å²) in [4.78, 5) is 19.4. The fourth-order valence-corrected chi connectivity index (χ4v) is 4.87. The average Bonchev–Trinajstić information content (AvgIpc) is 2.96. The summed E-state index contributed by atoms with van der Waals surface area (Å²) in [6.07, 6.45) is 1.91. The highest BCUT2D eigenvalue weighted by Crippen LogP contribution is 2.32. The third kappa shape index (κ3) is 3.38. The Morgan fingerprint density at radius 2 is 2.36 bits per heavy atom. The van der Waals surface area contributed by atoms with Gasteiger partial charge < -0.3 is 10.6 Å². The van der Waals surface area contributed by atoms with E-state index in [0.717, 1.165) is 32.5 Å². The second-order valence-electron chi connectivity index (χ2n) is 6.84. The third-order valence-electron chi connectivity index (χ3n) is 5.16. The average molecular weight is 383 g/mol. The molecule has 0 bridgehead atoms. The molecule has 1 amide bonds. The summed E-state index contributed by atoms with van der Waals surface area (Å²) in [7, 11) is 0. The van der Waals surface area contributed by atoms with E-state index in [-0.39, 0.29) is 16.8 Å². The summed E-state index contributed by atoms with van der Waals surface area (Å²) in [6.45, 7) is 5.01. The van der Waals surface area contributed by atoms with Crippen LogP contribution in [0.1, 0.15) is 19.8 Å². The summed E-state index contributed by atoms with van der Waals surface area (Å²) >= 11 is 7.28. The molecule has 0 spiro atoms. The third-order valence-corrected chi connectivity index (χ3v) is 6.37. The largest absolute Gasteiger partial charge is 0.311 e. The van der Waals surface area contributed by atoms with Gasteiger partial charge in [0.15, 0.2) is 5.13 Å². The van der Waals surface area contributed by atoms with Crippen molar-refractivity contribution < 1.29 is 9.18 Å². The second-order valence-corrected chi connectivity index (χ2v) is 8.28. The van der Waals surface area contributed by atoms with E-state index in [2.05, 4.69) is 27.4 Å². The molecular formula is C17H20ClFN4OS. The van der Waals surface area contributed by atoms with Crippen molar-refractivity contribution in [3.63, 3.8) is 0 Å². The molecule has 2 saturated heterocycles. The number of amides is 1. The van der Waals surface area contributed by atoms with Crippen molar-refractivity contribution in [2.45, 2.75) is 31.8 Å². The van der Waals surface area contributed by atoms with Crippen LogP contribution in [0.3, 0.4) is 0 Å². The lowest BCUT2D eigenvalue weighted by Crippen LogP contribution is -2.65. The smallest absolute Gasteiger partial charge is 0.230 e. The summed E-state index contributed by atoms with van der Waals surface area (Å²) in [5.41, 5.74) is 0.531. The first-order valence-corrected chi connectivity index (χ1v) is 9.74. The van der Waals surface area contributed by atoms with Crippen LogP contribution in [0.2, 0.25) is 5.02 Å². The Morgan fingerprint density at radius 1 is 1.52 bits per heavy atom. The molecule has 5 nitrogen and oxygen atoms in total. The number of fused-ring (bicyclic) bond motifs is 1. The van der Waals surface area contributed by atoms with E-state index in [1.165, 1.54) is 23.5 Å². The van der Waals surface area contributed by atoms with E-state index in [1.807, 2.05) is 0 Å². The van der Waals surface area contributed by atoms with Crippen LogP contribution >= 0.6 is 22.9 Å². The number of thiazole rings is 1. The van der Waals surface area contributed by atoms with Crippen LogP contribution in [-0.4, -0.2) is 47.5 Å². The first-order chi connectivity index (χ1) is 12.0. The maximum atomic E-state index is 13.4. The van der Waals surface area contributed by atoms with E-state index in [0.29, 0.717) is 27.4 Å². The molecule has 8 heteroatoms. The Hall–Kier alpha value is -1.28. The molecule has 3 atom stereocenters. The number of halogens is 2. The Balaban J connectivity index is 1.45. The Labute approximate surface area is 154 Å². The molecule has 3 heterocycles. The predicted octanol–water partition coefficient (Wildman–Crippen LogP) is 3.10. The molecular weight excluding hydrogens is 363 g/mol. The predicted molar refractivity (Wildman–Crippen MR) is 98.8 cm³/mol. The maximum absolute atomic E-state index is 13.4. The molecule has 25 heavy (non-hydrogen) atoms. The van der Waals surface area contributed by atoms with E-state index < -0.39 is 5.82 Å². The van der Waals surface area contributed by atoms with E-state index in [9.17, 15) is 9.18 Å². The fourth-order valence-electron chi connectivity index (χ4n) is 3.64. The number of carbonyl (C=O) groups excluding carboxylic acids is 1. The van der Waals surface area contributed by atoms with E-state index >= 15 is 0 Å². The van der Waals surface area contributed by atoms with Gasteiger partial charge in [0.2, 0.25) is 5.91 Å². The maximum Gasteiger partial charge on any atom is 0.230 e. The van der Waals surface area contributed by atoms with Gasteiger partial charge >= 0.3 is 0 Å². The first-order valence-electron chi connectivity index (χ1n) is 8.55. The number of hydrogen-bond acceptors (Lipinski definition) is 5. The van der Waals surface area contributed by atoms with Gasteiger partial charge in [-0.05, 0) is 38.4 Å². The molecule has 0 aliphatic carbocycles. The summed E-state index contributed by atoms with van der Waals surface area (Å²) in [6, 6.07) is 3.65. The van der Waals surface area contributed by atoms with Crippen LogP contribution in [0, 0.1) is 11.7 Å². The van der Waals surface area contributed by atoms with Gasteiger partial charge in [0.05, 0.1) is 15.6 Å². The minimum absolute atomic E-state index is 0.0136. The molecule has 1 aromatic carbocycles. The number of hydrogen-bond donors (Lipinski definition) is 2. The molecule has 2 aromatic rings. The molecule has 2 fully saturated rings. The molecule has 2 N–H and O–H groups in total. The molecule has 1 aromatic heterocycles. The van der Waals surface area contributed by atoms with Crippen molar-refractivity contribution in [2.24, 2.45) is 5.92 Å². The number of nitrogens with one attached hydrogen (secondary N) is 2. The molecule has 2 aliphatic heterocycles. The monoisotopic (exact) mass is 382 g/mol. The van der Waals surface area contributed by atoms with Gasteiger partial charge in [0, 0.05) is 25.2 Å². The van der Waals surface area contributed by atoms with Crippen molar-refractivity contribution in [3.8, 4) is 0 Å². The topological polar surface area (TPSA) is 57.3 Å². The zero-order valence-electron chi connectivity index (χ0n) is 13.9. The van der Waals surface area contributed by atoms with Crippen molar-refractivity contribution in [1.82, 2.24) is 15.2 Å². The number of carbonyl (C=O) groups is 1. The molecule has 3 unspecified atom stereocenters. The number of anilines is 1. The van der Waals surface area contributed by atoms with Crippen LogP contribution < -0.4 is 10.6 Å². The number of rotatable bonds is 3. The van der Waals surface area contributed by atoms with Crippen molar-refractivity contribution in [2.75, 3.05) is 25.0 Å². The summed E-state index contributed by atoms with van der Waals surface area (Å²) < 4.78 is 14.1. The SMILES string of the molecule is CC1NCC1N1CCCC(C(=O)Nc2nc3c(Cl)cc(F)cc3s2)C1.